The van der Waals surface area contributed by atoms with Crippen LogP contribution >= 0.6 is 15.9 Å². The van der Waals surface area contributed by atoms with E-state index in [0.717, 1.165) is 10.0 Å². The molecule has 1 aliphatic carbocycles. The Kier molecular flexibility index (Phi) is 4.57. The predicted octanol–water partition coefficient (Wildman–Crippen LogP) is 4.26. The van der Waals surface area contributed by atoms with E-state index in [1.807, 2.05) is 12.1 Å². The van der Waals surface area contributed by atoms with Gasteiger partial charge < -0.3 is 5.32 Å². The fraction of sp³-hybridized carbons (Fsp3) is 0.571. The van der Waals surface area contributed by atoms with E-state index in [1.165, 1.54) is 31.7 Å². The molecule has 2 atom stereocenters. The molecule has 0 aliphatic heterocycles. The molecule has 0 bridgehead atoms. The van der Waals surface area contributed by atoms with E-state index in [1.54, 1.807) is 0 Å². The fourth-order valence-corrected chi connectivity index (χ4v) is 2.86. The molecule has 0 spiro atoms. The Morgan fingerprint density at radius 2 is 2.12 bits per heavy atom. The maximum absolute atomic E-state index is 13.6. The molecule has 2 unspecified atom stereocenters. The monoisotopic (exact) mass is 299 g/mol. The van der Waals surface area contributed by atoms with Crippen molar-refractivity contribution >= 4 is 15.9 Å². The van der Waals surface area contributed by atoms with Crippen molar-refractivity contribution in [3.8, 4) is 0 Å². The minimum absolute atomic E-state index is 0.129. The standard InChI is InChI=1S/C14H19BrFN/c1-10-4-2-3-5-14(10)17-9-11-6-7-12(15)8-13(11)16/h6-8,10,14,17H,2-5,9H2,1H3. The summed E-state index contributed by atoms with van der Waals surface area (Å²) in [6.07, 6.45) is 5.15. The molecule has 0 amide bonds. The van der Waals surface area contributed by atoms with E-state index in [-0.39, 0.29) is 5.82 Å². The summed E-state index contributed by atoms with van der Waals surface area (Å²) in [5, 5.41) is 3.49. The SMILES string of the molecule is CC1CCCCC1NCc1ccc(Br)cc1F. The topological polar surface area (TPSA) is 12.0 Å². The lowest BCUT2D eigenvalue weighted by molar-refractivity contribution is 0.278. The second kappa shape index (κ2) is 5.96. The van der Waals surface area contributed by atoms with Crippen LogP contribution in [0.4, 0.5) is 4.39 Å². The highest BCUT2D eigenvalue weighted by Gasteiger charge is 2.20. The molecular formula is C14H19BrFN. The van der Waals surface area contributed by atoms with Gasteiger partial charge in [0.25, 0.3) is 0 Å². The van der Waals surface area contributed by atoms with Crippen molar-refractivity contribution in [2.75, 3.05) is 0 Å². The Morgan fingerprint density at radius 3 is 2.82 bits per heavy atom. The lowest BCUT2D eigenvalue weighted by Crippen LogP contribution is -2.36. The van der Waals surface area contributed by atoms with Crippen molar-refractivity contribution < 1.29 is 4.39 Å². The molecule has 1 N–H and O–H groups in total. The van der Waals surface area contributed by atoms with Crippen LogP contribution in [0.25, 0.3) is 0 Å². The molecular weight excluding hydrogens is 281 g/mol. The third-order valence-corrected chi connectivity index (χ3v) is 4.17. The minimum atomic E-state index is -0.129. The largest absolute Gasteiger partial charge is 0.310 e. The Labute approximate surface area is 111 Å². The van der Waals surface area contributed by atoms with Crippen molar-refractivity contribution in [3.63, 3.8) is 0 Å². The molecule has 0 aromatic heterocycles. The maximum Gasteiger partial charge on any atom is 0.128 e. The van der Waals surface area contributed by atoms with Crippen molar-refractivity contribution in [1.29, 1.82) is 0 Å². The quantitative estimate of drug-likeness (QED) is 0.879. The molecule has 2 rings (SSSR count). The van der Waals surface area contributed by atoms with Crippen molar-refractivity contribution in [2.24, 2.45) is 5.92 Å². The third kappa shape index (κ3) is 3.52. The Balaban J connectivity index is 1.92. The van der Waals surface area contributed by atoms with Crippen LogP contribution in [0.5, 0.6) is 0 Å². The van der Waals surface area contributed by atoms with Gasteiger partial charge in [-0.05, 0) is 30.9 Å². The van der Waals surface area contributed by atoms with Crippen LogP contribution in [-0.4, -0.2) is 6.04 Å². The predicted molar refractivity (Wildman–Crippen MR) is 72.4 cm³/mol. The molecule has 1 aromatic rings. The van der Waals surface area contributed by atoms with Gasteiger partial charge in [0, 0.05) is 22.6 Å². The molecule has 1 saturated carbocycles. The average molecular weight is 300 g/mol. The minimum Gasteiger partial charge on any atom is -0.310 e. The van der Waals surface area contributed by atoms with Crippen LogP contribution in [0, 0.1) is 11.7 Å². The summed E-state index contributed by atoms with van der Waals surface area (Å²) >= 11 is 3.27. The molecule has 1 aromatic carbocycles. The summed E-state index contributed by atoms with van der Waals surface area (Å²) < 4.78 is 14.4. The molecule has 17 heavy (non-hydrogen) atoms. The third-order valence-electron chi connectivity index (χ3n) is 3.68. The summed E-state index contributed by atoms with van der Waals surface area (Å²) in [7, 11) is 0. The second-order valence-electron chi connectivity index (χ2n) is 4.98. The highest BCUT2D eigenvalue weighted by Crippen LogP contribution is 2.24. The molecule has 0 radical (unpaired) electrons. The summed E-state index contributed by atoms with van der Waals surface area (Å²) in [5.74, 6) is 0.581. The lowest BCUT2D eigenvalue weighted by Gasteiger charge is -2.29. The second-order valence-corrected chi connectivity index (χ2v) is 5.90. The van der Waals surface area contributed by atoms with Crippen molar-refractivity contribution in [3.05, 3.63) is 34.1 Å². The van der Waals surface area contributed by atoms with Crippen LogP contribution < -0.4 is 5.32 Å². The maximum atomic E-state index is 13.6. The van der Waals surface area contributed by atoms with Crippen LogP contribution in [0.3, 0.4) is 0 Å². The normalized spacial score (nSPS) is 24.9. The highest BCUT2D eigenvalue weighted by molar-refractivity contribution is 9.10. The van der Waals surface area contributed by atoms with Gasteiger partial charge in [-0.3, -0.25) is 0 Å². The number of nitrogens with one attached hydrogen (secondary N) is 1. The van der Waals surface area contributed by atoms with Crippen LogP contribution in [0.2, 0.25) is 0 Å². The van der Waals surface area contributed by atoms with E-state index in [2.05, 4.69) is 28.2 Å². The first-order valence-electron chi connectivity index (χ1n) is 6.34. The molecule has 3 heteroatoms. The Morgan fingerprint density at radius 1 is 1.35 bits per heavy atom. The van der Waals surface area contributed by atoms with E-state index in [9.17, 15) is 4.39 Å². The molecule has 0 heterocycles. The van der Waals surface area contributed by atoms with Crippen LogP contribution in [0.1, 0.15) is 38.2 Å². The van der Waals surface area contributed by atoms with Gasteiger partial charge >= 0.3 is 0 Å². The number of halogens is 2. The zero-order valence-corrected chi connectivity index (χ0v) is 11.8. The molecule has 94 valence electrons. The van der Waals surface area contributed by atoms with E-state index in [0.29, 0.717) is 18.5 Å². The lowest BCUT2D eigenvalue weighted by atomic mass is 9.86. The fourth-order valence-electron chi connectivity index (χ4n) is 2.53. The van der Waals surface area contributed by atoms with E-state index in [4.69, 9.17) is 0 Å². The first kappa shape index (κ1) is 13.0. The molecule has 1 fully saturated rings. The van der Waals surface area contributed by atoms with Gasteiger partial charge in [0.2, 0.25) is 0 Å². The van der Waals surface area contributed by atoms with E-state index < -0.39 is 0 Å². The summed E-state index contributed by atoms with van der Waals surface area (Å²) in [5.41, 5.74) is 0.756. The van der Waals surface area contributed by atoms with E-state index >= 15 is 0 Å². The average Bonchev–Trinajstić information content (AvgIpc) is 2.30. The van der Waals surface area contributed by atoms with Crippen LogP contribution in [-0.2, 0) is 6.54 Å². The number of rotatable bonds is 3. The molecule has 1 nitrogen and oxygen atoms in total. The smallest absolute Gasteiger partial charge is 0.128 e. The molecule has 1 aliphatic rings. The Hall–Kier alpha value is -0.410. The summed E-state index contributed by atoms with van der Waals surface area (Å²) in [6.45, 7) is 2.92. The zero-order chi connectivity index (χ0) is 12.3. The zero-order valence-electron chi connectivity index (χ0n) is 10.2. The number of hydrogen-bond acceptors (Lipinski definition) is 1. The van der Waals surface area contributed by atoms with Crippen LogP contribution in [0.15, 0.2) is 22.7 Å². The first-order chi connectivity index (χ1) is 8.16. The Bertz CT molecular complexity index is 380. The first-order valence-corrected chi connectivity index (χ1v) is 7.13. The summed E-state index contributed by atoms with van der Waals surface area (Å²) in [4.78, 5) is 0. The molecule has 0 saturated heterocycles. The van der Waals surface area contributed by atoms with Crippen molar-refractivity contribution in [2.45, 2.75) is 45.2 Å². The van der Waals surface area contributed by atoms with Gasteiger partial charge in [-0.2, -0.15) is 0 Å². The van der Waals surface area contributed by atoms with Gasteiger partial charge in [-0.15, -0.1) is 0 Å². The van der Waals surface area contributed by atoms with Crippen molar-refractivity contribution in [1.82, 2.24) is 5.32 Å². The summed E-state index contributed by atoms with van der Waals surface area (Å²) in [6, 6.07) is 5.82. The number of benzene rings is 1. The van der Waals surface area contributed by atoms with Gasteiger partial charge in [0.05, 0.1) is 0 Å². The highest BCUT2D eigenvalue weighted by atomic mass is 79.9. The van der Waals surface area contributed by atoms with Gasteiger partial charge in [0.1, 0.15) is 5.82 Å². The van der Waals surface area contributed by atoms with Gasteiger partial charge in [-0.25, -0.2) is 4.39 Å². The number of hydrogen-bond donors (Lipinski definition) is 1. The van der Waals surface area contributed by atoms with Gasteiger partial charge in [-0.1, -0.05) is 41.8 Å². The van der Waals surface area contributed by atoms with Gasteiger partial charge in [0.15, 0.2) is 0 Å².